The second-order valence-corrected chi connectivity index (χ2v) is 8.26. The predicted octanol–water partition coefficient (Wildman–Crippen LogP) is 4.03. The molecule has 0 aliphatic carbocycles. The molecule has 1 saturated heterocycles. The van der Waals surface area contributed by atoms with Crippen LogP contribution < -0.4 is 5.01 Å². The van der Waals surface area contributed by atoms with Gasteiger partial charge in [0.15, 0.2) is 6.17 Å². The van der Waals surface area contributed by atoms with Gasteiger partial charge in [-0.25, -0.2) is 14.2 Å². The Labute approximate surface area is 188 Å². The lowest BCUT2D eigenvalue weighted by atomic mass is 10.0. The number of carbonyl (C=O) groups excluding carboxylic acids is 2. The molecule has 1 aliphatic rings. The van der Waals surface area contributed by atoms with Gasteiger partial charge < -0.3 is 9.47 Å². The molecule has 4 rings (SSSR count). The van der Waals surface area contributed by atoms with E-state index in [0.717, 1.165) is 15.6 Å². The minimum atomic E-state index is -1.66. The summed E-state index contributed by atoms with van der Waals surface area (Å²) in [5, 5.41) is 13.6. The normalized spacial score (nSPS) is 16.5. The maximum Gasteiger partial charge on any atom is 0.348 e. The number of hydrogen-bond acceptors (Lipinski definition) is 7. The summed E-state index contributed by atoms with van der Waals surface area (Å²) in [5.41, 5.74) is 1.03. The predicted molar refractivity (Wildman–Crippen MR) is 118 cm³/mol. The fourth-order valence-electron chi connectivity index (χ4n) is 3.54. The zero-order chi connectivity index (χ0) is 22.7. The first-order chi connectivity index (χ1) is 15.5. The lowest BCUT2D eigenvalue weighted by Crippen LogP contribution is -2.40. The van der Waals surface area contributed by atoms with E-state index in [2.05, 4.69) is 6.07 Å². The highest BCUT2D eigenvalue weighted by Crippen LogP contribution is 2.29. The summed E-state index contributed by atoms with van der Waals surface area (Å²) in [6.07, 6.45) is -1.66. The highest BCUT2D eigenvalue weighted by molar-refractivity contribution is 7.13. The summed E-state index contributed by atoms with van der Waals surface area (Å²) in [5.74, 6) is -1.04. The molecule has 3 aromatic rings. The van der Waals surface area contributed by atoms with E-state index in [1.807, 2.05) is 6.07 Å². The largest absolute Gasteiger partial charge is 0.462 e. The van der Waals surface area contributed by atoms with Crippen LogP contribution in [0.15, 0.2) is 48.5 Å². The molecule has 9 heteroatoms. The molecule has 1 fully saturated rings. The molecule has 1 aliphatic heterocycles. The lowest BCUT2D eigenvalue weighted by molar-refractivity contribution is -0.122. The first kappa shape index (κ1) is 21.9. The van der Waals surface area contributed by atoms with Crippen LogP contribution in [0.5, 0.6) is 0 Å². The summed E-state index contributed by atoms with van der Waals surface area (Å²) < 4.78 is 25.0. The molecular weight excluding hydrogens is 433 g/mol. The van der Waals surface area contributed by atoms with Crippen molar-refractivity contribution in [2.75, 3.05) is 24.9 Å². The Morgan fingerprint density at radius 2 is 2.12 bits per heavy atom. The van der Waals surface area contributed by atoms with E-state index < -0.39 is 12.1 Å². The van der Waals surface area contributed by atoms with Gasteiger partial charge in [0.05, 0.1) is 37.1 Å². The second-order valence-electron chi connectivity index (χ2n) is 7.09. The molecule has 0 bridgehead atoms. The third-order valence-electron chi connectivity index (χ3n) is 4.98. The van der Waals surface area contributed by atoms with E-state index in [1.54, 1.807) is 49.4 Å². The van der Waals surface area contributed by atoms with Crippen molar-refractivity contribution >= 4 is 39.7 Å². The minimum absolute atomic E-state index is 0.00489. The number of nitrogens with zero attached hydrogens (tertiary/aromatic N) is 3. The summed E-state index contributed by atoms with van der Waals surface area (Å²) >= 11 is 1.27. The van der Waals surface area contributed by atoms with Crippen LogP contribution in [0.3, 0.4) is 0 Å². The van der Waals surface area contributed by atoms with E-state index in [4.69, 9.17) is 9.47 Å². The van der Waals surface area contributed by atoms with E-state index in [0.29, 0.717) is 22.7 Å². The summed E-state index contributed by atoms with van der Waals surface area (Å²) in [7, 11) is 0. The van der Waals surface area contributed by atoms with Crippen LogP contribution >= 0.6 is 11.3 Å². The first-order valence-electron chi connectivity index (χ1n) is 10.0. The number of anilines is 1. The van der Waals surface area contributed by atoms with Gasteiger partial charge in [-0.1, -0.05) is 18.2 Å². The van der Waals surface area contributed by atoms with Crippen LogP contribution in [0.1, 0.15) is 27.0 Å². The monoisotopic (exact) mass is 453 g/mol. The number of carbonyl (C=O) groups is 2. The van der Waals surface area contributed by atoms with Crippen LogP contribution in [0, 0.1) is 11.3 Å². The van der Waals surface area contributed by atoms with Crippen molar-refractivity contribution in [3.05, 3.63) is 63.8 Å². The summed E-state index contributed by atoms with van der Waals surface area (Å²) in [6, 6.07) is 16.1. The molecule has 7 nitrogen and oxygen atoms in total. The Balaban J connectivity index is 1.47. The maximum absolute atomic E-state index is 14.3. The number of amides is 1. The van der Waals surface area contributed by atoms with Crippen molar-refractivity contribution < 1.29 is 23.5 Å². The highest BCUT2D eigenvalue weighted by atomic mass is 32.1. The van der Waals surface area contributed by atoms with Crippen molar-refractivity contribution in [3.63, 3.8) is 0 Å². The molecule has 1 unspecified atom stereocenters. The molecule has 2 aromatic carbocycles. The fourth-order valence-corrected chi connectivity index (χ4v) is 4.38. The van der Waals surface area contributed by atoms with Gasteiger partial charge in [-0.2, -0.15) is 10.3 Å². The number of fused-ring (bicyclic) bond motifs is 1. The molecule has 164 valence electrons. The molecule has 0 spiro atoms. The van der Waals surface area contributed by atoms with Gasteiger partial charge in [-0.15, -0.1) is 11.3 Å². The van der Waals surface area contributed by atoms with Gasteiger partial charge in [0.2, 0.25) is 0 Å². The van der Waals surface area contributed by atoms with E-state index in [1.165, 1.54) is 21.4 Å². The number of hydrogen-bond donors (Lipinski definition) is 0. The lowest BCUT2D eigenvalue weighted by Gasteiger charge is -2.27. The van der Waals surface area contributed by atoms with Gasteiger partial charge in [0.25, 0.3) is 5.91 Å². The van der Waals surface area contributed by atoms with Crippen molar-refractivity contribution in [1.82, 2.24) is 5.01 Å². The SMILES string of the molecule is CCOC(=O)c1ccc(COCN2CC(F)C(=O)N2c2ccc3c(C#N)cccc3c2)s1. The van der Waals surface area contributed by atoms with Crippen molar-refractivity contribution in [2.24, 2.45) is 0 Å². The highest BCUT2D eigenvalue weighted by Gasteiger charge is 2.39. The number of ether oxygens (including phenoxy) is 2. The Bertz CT molecular complexity index is 1210. The van der Waals surface area contributed by atoms with Crippen LogP contribution in [-0.4, -0.2) is 42.9 Å². The summed E-state index contributed by atoms with van der Waals surface area (Å²) in [4.78, 5) is 25.6. The zero-order valence-electron chi connectivity index (χ0n) is 17.3. The number of esters is 1. The second kappa shape index (κ2) is 9.44. The van der Waals surface area contributed by atoms with Gasteiger partial charge in [-0.3, -0.25) is 4.79 Å². The van der Waals surface area contributed by atoms with Crippen LogP contribution in [0.2, 0.25) is 0 Å². The molecule has 1 aromatic heterocycles. The van der Waals surface area contributed by atoms with Gasteiger partial charge >= 0.3 is 5.97 Å². The van der Waals surface area contributed by atoms with E-state index in [-0.39, 0.29) is 25.9 Å². The molecular formula is C23H20FN3O4S. The number of nitriles is 1. The molecule has 0 saturated carbocycles. The molecule has 0 N–H and O–H groups in total. The van der Waals surface area contributed by atoms with Crippen molar-refractivity contribution in [3.8, 4) is 6.07 Å². The topological polar surface area (TPSA) is 82.9 Å². The molecule has 2 heterocycles. The molecule has 0 radical (unpaired) electrons. The average molecular weight is 453 g/mol. The Kier molecular flexibility index (Phi) is 6.46. The third kappa shape index (κ3) is 4.34. The van der Waals surface area contributed by atoms with Crippen LogP contribution in [0.25, 0.3) is 10.8 Å². The fraction of sp³-hybridized carbons (Fsp3) is 0.261. The Morgan fingerprint density at radius 3 is 2.91 bits per heavy atom. The number of benzene rings is 2. The van der Waals surface area contributed by atoms with Crippen molar-refractivity contribution in [1.29, 1.82) is 5.26 Å². The summed E-state index contributed by atoms with van der Waals surface area (Å²) in [6.45, 7) is 2.14. The first-order valence-corrected chi connectivity index (χ1v) is 10.8. The van der Waals surface area contributed by atoms with Crippen molar-refractivity contribution in [2.45, 2.75) is 19.7 Å². The number of alkyl halides is 1. The van der Waals surface area contributed by atoms with Gasteiger partial charge in [0, 0.05) is 4.88 Å². The molecule has 1 atom stereocenters. The zero-order valence-corrected chi connectivity index (χ0v) is 18.1. The third-order valence-corrected chi connectivity index (χ3v) is 6.02. The van der Waals surface area contributed by atoms with Crippen LogP contribution in [0.4, 0.5) is 10.1 Å². The van der Waals surface area contributed by atoms with E-state index >= 15 is 0 Å². The maximum atomic E-state index is 14.3. The number of rotatable bonds is 7. The van der Waals surface area contributed by atoms with Gasteiger partial charge in [0.1, 0.15) is 11.6 Å². The smallest absolute Gasteiger partial charge is 0.348 e. The minimum Gasteiger partial charge on any atom is -0.462 e. The average Bonchev–Trinajstić information content (AvgIpc) is 3.38. The number of halogens is 1. The molecule has 1 amide bonds. The Morgan fingerprint density at radius 1 is 1.28 bits per heavy atom. The quantitative estimate of drug-likeness (QED) is 0.503. The number of thiophene rings is 1. The molecule has 32 heavy (non-hydrogen) atoms. The Hall–Kier alpha value is -3.32. The van der Waals surface area contributed by atoms with E-state index in [9.17, 15) is 19.2 Å². The standard InChI is InChI=1S/C23H20FN3O4S/c1-2-31-23(29)21-9-7-18(32-21)13-30-14-26-12-20(24)22(28)27(26)17-6-8-19-15(10-17)4-3-5-16(19)11-25/h3-10,20H,2,12-14H2,1H3. The number of hydrazine groups is 1. The van der Waals surface area contributed by atoms with Crippen LogP contribution in [-0.2, 0) is 20.9 Å². The van der Waals surface area contributed by atoms with Gasteiger partial charge in [-0.05, 0) is 48.0 Å².